The number of aliphatic carboxylic acids is 1. The molecule has 0 amide bonds. The van der Waals surface area contributed by atoms with E-state index in [0.717, 1.165) is 25.7 Å². The molecule has 2 atom stereocenters. The van der Waals surface area contributed by atoms with Crippen molar-refractivity contribution in [1.29, 1.82) is 0 Å². The summed E-state index contributed by atoms with van der Waals surface area (Å²) in [5.41, 5.74) is 0. The van der Waals surface area contributed by atoms with E-state index < -0.39 is 24.1 Å². The van der Waals surface area contributed by atoms with E-state index in [1.54, 1.807) is 0 Å². The highest BCUT2D eigenvalue weighted by molar-refractivity contribution is 5.71. The molecule has 0 aliphatic rings. The maximum absolute atomic E-state index is 12.1. The molecule has 0 heterocycles. The van der Waals surface area contributed by atoms with E-state index in [-0.39, 0.29) is 12.8 Å². The van der Waals surface area contributed by atoms with Crippen LogP contribution in [-0.2, 0) is 14.3 Å². The minimum atomic E-state index is -0.993. The fraction of sp³-hybridized carbons (Fsp3) is 0.840. The first-order valence-electron chi connectivity index (χ1n) is 12.2. The Labute approximate surface area is 190 Å². The number of nitrogens with zero attached hydrogens (tertiary/aromatic N) is 1. The van der Waals surface area contributed by atoms with Crippen LogP contribution in [0.4, 0.5) is 0 Å². The summed E-state index contributed by atoms with van der Waals surface area (Å²) in [6.45, 7) is 2.66. The highest BCUT2D eigenvalue weighted by Crippen LogP contribution is 2.12. The number of hydrogen-bond acceptors (Lipinski definition) is 4. The molecule has 0 aromatic rings. The van der Waals surface area contributed by atoms with Crippen LogP contribution in [0.5, 0.6) is 0 Å². The number of carboxylic acid groups (broad SMARTS) is 1. The predicted molar refractivity (Wildman–Crippen MR) is 126 cm³/mol. The number of rotatable bonds is 20. The van der Waals surface area contributed by atoms with Gasteiger partial charge in [-0.2, -0.15) is 0 Å². The normalized spacial score (nSPS) is 14.0. The summed E-state index contributed by atoms with van der Waals surface area (Å²) < 4.78 is 5.82. The van der Waals surface area contributed by atoms with Gasteiger partial charge >= 0.3 is 11.9 Å². The lowest BCUT2D eigenvalue weighted by Crippen LogP contribution is -2.44. The van der Waals surface area contributed by atoms with Crippen LogP contribution in [0.2, 0.25) is 0 Å². The van der Waals surface area contributed by atoms with Gasteiger partial charge in [0.15, 0.2) is 6.10 Å². The van der Waals surface area contributed by atoms with Crippen LogP contribution in [0.3, 0.4) is 0 Å². The van der Waals surface area contributed by atoms with E-state index in [4.69, 9.17) is 9.84 Å². The highest BCUT2D eigenvalue weighted by atomic mass is 16.5. The average Bonchev–Trinajstić information content (AvgIpc) is 2.63. The summed E-state index contributed by atoms with van der Waals surface area (Å²) in [4.78, 5) is 23.1. The Morgan fingerprint density at radius 3 is 1.97 bits per heavy atom. The second-order valence-electron chi connectivity index (χ2n) is 9.71. The van der Waals surface area contributed by atoms with Crippen molar-refractivity contribution in [3.63, 3.8) is 0 Å². The van der Waals surface area contributed by atoms with Crippen molar-refractivity contribution >= 4 is 11.9 Å². The molecule has 0 radical (unpaired) electrons. The number of allylic oxidation sites excluding steroid dienone is 2. The molecule has 6 heteroatoms. The summed E-state index contributed by atoms with van der Waals surface area (Å²) in [5.74, 6) is -1.52. The number of aliphatic hydroxyl groups is 1. The Bertz CT molecular complexity index is 499. The molecule has 0 aromatic carbocycles. The molecular formula is C25H48NO5+. The van der Waals surface area contributed by atoms with E-state index in [9.17, 15) is 14.7 Å². The van der Waals surface area contributed by atoms with Gasteiger partial charge in [0.05, 0.1) is 40.1 Å². The first-order chi connectivity index (χ1) is 14.6. The van der Waals surface area contributed by atoms with Gasteiger partial charge < -0.3 is 19.4 Å². The highest BCUT2D eigenvalue weighted by Gasteiger charge is 2.25. The van der Waals surface area contributed by atoms with Crippen molar-refractivity contribution in [1.82, 2.24) is 0 Å². The lowest BCUT2D eigenvalue weighted by atomic mass is 10.1. The molecule has 0 saturated heterocycles. The quantitative estimate of drug-likeness (QED) is 0.119. The predicted octanol–water partition coefficient (Wildman–Crippen LogP) is 5.09. The monoisotopic (exact) mass is 442 g/mol. The molecule has 0 unspecified atom stereocenters. The summed E-state index contributed by atoms with van der Waals surface area (Å²) in [7, 11) is 5.75. The Morgan fingerprint density at radius 2 is 1.42 bits per heavy atom. The number of esters is 1. The molecule has 0 aromatic heterocycles. The second-order valence-corrected chi connectivity index (χ2v) is 9.71. The van der Waals surface area contributed by atoms with E-state index >= 15 is 0 Å². The maximum Gasteiger partial charge on any atom is 0.308 e. The third-order valence-electron chi connectivity index (χ3n) is 5.15. The van der Waals surface area contributed by atoms with Crippen LogP contribution in [0, 0.1) is 0 Å². The summed E-state index contributed by atoms with van der Waals surface area (Å²) >= 11 is 0. The van der Waals surface area contributed by atoms with Crippen molar-refractivity contribution in [2.24, 2.45) is 0 Å². The Morgan fingerprint density at radius 1 is 0.871 bits per heavy atom. The molecule has 2 N–H and O–H groups in total. The van der Waals surface area contributed by atoms with Gasteiger partial charge in [-0.1, -0.05) is 64.0 Å². The molecule has 0 rings (SSSR count). The van der Waals surface area contributed by atoms with Gasteiger partial charge in [-0.15, -0.1) is 0 Å². The Balaban J connectivity index is 3.83. The molecular weight excluding hydrogens is 394 g/mol. The van der Waals surface area contributed by atoms with Crippen LogP contribution in [0.25, 0.3) is 0 Å². The van der Waals surface area contributed by atoms with Crippen molar-refractivity contribution in [2.75, 3.05) is 27.7 Å². The molecule has 0 bridgehead atoms. The van der Waals surface area contributed by atoms with Crippen molar-refractivity contribution in [2.45, 2.75) is 109 Å². The first-order valence-corrected chi connectivity index (χ1v) is 12.2. The van der Waals surface area contributed by atoms with E-state index in [1.165, 1.54) is 44.9 Å². The standard InChI is InChI=1S/C25H47NO5/c1-5-6-7-8-9-10-11-12-13-14-15-16-17-18-22(27)19-25(30)31-23(20-24(28)29)21-26(2,3)4/h12-13,22-23,27H,5-11,14-21H2,1-4H3/p+1/b13-12-/t22-,23-/m1/s1. The number of quaternary nitrogens is 1. The van der Waals surface area contributed by atoms with Gasteiger partial charge in [0.2, 0.25) is 0 Å². The largest absolute Gasteiger partial charge is 0.481 e. The summed E-state index contributed by atoms with van der Waals surface area (Å²) in [6, 6.07) is 0. The molecule has 0 saturated carbocycles. The number of ether oxygens (including phenoxy) is 1. The summed E-state index contributed by atoms with van der Waals surface area (Å²) in [5, 5.41) is 19.1. The maximum atomic E-state index is 12.1. The van der Waals surface area contributed by atoms with Crippen LogP contribution in [0.15, 0.2) is 12.2 Å². The molecule has 0 fully saturated rings. The van der Waals surface area contributed by atoms with Gasteiger partial charge in [0.25, 0.3) is 0 Å². The second kappa shape index (κ2) is 18.2. The lowest BCUT2D eigenvalue weighted by Gasteiger charge is -2.28. The zero-order valence-corrected chi connectivity index (χ0v) is 20.5. The van der Waals surface area contributed by atoms with Gasteiger partial charge in [0.1, 0.15) is 6.54 Å². The van der Waals surface area contributed by atoms with E-state index in [1.807, 2.05) is 21.1 Å². The van der Waals surface area contributed by atoms with Crippen molar-refractivity contribution in [3.8, 4) is 0 Å². The topological polar surface area (TPSA) is 83.8 Å². The fourth-order valence-electron chi connectivity index (χ4n) is 3.57. The van der Waals surface area contributed by atoms with Crippen molar-refractivity contribution in [3.05, 3.63) is 12.2 Å². The van der Waals surface area contributed by atoms with Crippen LogP contribution >= 0.6 is 0 Å². The van der Waals surface area contributed by atoms with Gasteiger partial charge in [-0.25, -0.2) is 0 Å². The SMILES string of the molecule is CCCCCCCC/C=C\CCCCC[C@@H](O)CC(=O)O[C@H](CC(=O)O)C[N+](C)(C)C. The van der Waals surface area contributed by atoms with E-state index in [0.29, 0.717) is 17.4 Å². The molecule has 6 nitrogen and oxygen atoms in total. The van der Waals surface area contributed by atoms with Crippen LogP contribution in [-0.4, -0.2) is 66.5 Å². The number of hydrogen-bond donors (Lipinski definition) is 2. The number of carboxylic acids is 1. The lowest BCUT2D eigenvalue weighted by molar-refractivity contribution is -0.873. The molecule has 0 aliphatic heterocycles. The van der Waals surface area contributed by atoms with Gasteiger partial charge in [0, 0.05) is 0 Å². The molecule has 0 spiro atoms. The minimum Gasteiger partial charge on any atom is -0.481 e. The van der Waals surface area contributed by atoms with Crippen LogP contribution in [0.1, 0.15) is 96.8 Å². The van der Waals surface area contributed by atoms with Gasteiger partial charge in [-0.3, -0.25) is 9.59 Å². The first kappa shape index (κ1) is 29.6. The van der Waals surface area contributed by atoms with Crippen molar-refractivity contribution < 1.29 is 29.0 Å². The van der Waals surface area contributed by atoms with Gasteiger partial charge in [-0.05, 0) is 32.1 Å². The zero-order valence-electron chi connectivity index (χ0n) is 20.5. The molecule has 0 aliphatic carbocycles. The van der Waals surface area contributed by atoms with E-state index in [2.05, 4.69) is 19.1 Å². The minimum absolute atomic E-state index is 0.0780. The molecule has 31 heavy (non-hydrogen) atoms. The molecule has 182 valence electrons. The Kier molecular flexibility index (Phi) is 17.4. The Hall–Kier alpha value is -1.40. The summed E-state index contributed by atoms with van der Waals surface area (Å²) in [6.07, 6.45) is 16.6. The van der Waals surface area contributed by atoms with Crippen LogP contribution < -0.4 is 0 Å². The fourth-order valence-corrected chi connectivity index (χ4v) is 3.57. The number of unbranched alkanes of at least 4 members (excludes halogenated alkanes) is 9. The number of carbonyl (C=O) groups excluding carboxylic acids is 1. The average molecular weight is 443 g/mol. The zero-order chi connectivity index (χ0) is 23.5. The number of likely N-dealkylation sites (N-methyl/N-ethyl adjacent to an activating group) is 1. The third kappa shape index (κ3) is 21.6. The number of aliphatic hydroxyl groups excluding tert-OH is 1. The number of carbonyl (C=O) groups is 2. The smallest absolute Gasteiger partial charge is 0.308 e. The third-order valence-corrected chi connectivity index (χ3v) is 5.15.